The summed E-state index contributed by atoms with van der Waals surface area (Å²) >= 11 is 0. The number of nitrogens with two attached hydrogens (primary N) is 3. The number of phosphoric acid groups is 4. The number of hydrogen-bond acceptors (Lipinski definition) is 30. The second kappa shape index (κ2) is 21.7. The van der Waals surface area contributed by atoms with E-state index in [1.807, 2.05) is 0 Å². The first kappa shape index (κ1) is 59.5. The normalized spacial score (nSPS) is 31.2. The van der Waals surface area contributed by atoms with E-state index in [4.69, 9.17) is 59.0 Å². The van der Waals surface area contributed by atoms with Gasteiger partial charge < -0.3 is 80.7 Å². The summed E-state index contributed by atoms with van der Waals surface area (Å²) in [6.45, 7) is -3.53. The number of aromatic nitrogens is 12. The van der Waals surface area contributed by atoms with E-state index < -0.39 is 154 Å². The number of nitrogen functional groups attached to an aromatic ring is 3. The van der Waals surface area contributed by atoms with E-state index in [0.717, 1.165) is 35.6 Å². The molecular formula is C37H51N16O25P4+. The number of anilines is 3. The Morgan fingerprint density at radius 1 is 0.780 bits per heavy atom. The summed E-state index contributed by atoms with van der Waals surface area (Å²) in [5.41, 5.74) is 13.4. The minimum atomic E-state index is -6.31. The number of rotatable bonds is 21. The molecule has 17 atom stereocenters. The van der Waals surface area contributed by atoms with Crippen molar-refractivity contribution in [2.24, 2.45) is 7.05 Å². The van der Waals surface area contributed by atoms with E-state index in [0.29, 0.717) is 0 Å². The Kier molecular flexibility index (Phi) is 15.8. The van der Waals surface area contributed by atoms with Crippen molar-refractivity contribution in [3.05, 3.63) is 46.0 Å². The molecule has 0 radical (unpaired) electrons. The number of carbonyl (C=O) groups excluding carboxylic acids is 1. The molecule has 1 amide bonds. The zero-order valence-corrected chi connectivity index (χ0v) is 46.1. The van der Waals surface area contributed by atoms with Crippen molar-refractivity contribution >= 4 is 88.4 Å². The lowest BCUT2D eigenvalue weighted by atomic mass is 9.91. The predicted molar refractivity (Wildman–Crippen MR) is 264 cm³/mol. The topological polar surface area (TPSA) is 572 Å². The summed E-state index contributed by atoms with van der Waals surface area (Å²) < 4.78 is 118. The number of nitrogens with zero attached hydrogens (tertiary/aromatic N) is 11. The minimum Gasteiger partial charge on any atom is -0.387 e. The van der Waals surface area contributed by atoms with E-state index in [-0.39, 0.29) is 51.2 Å². The number of aryl methyl sites for hydroxylation is 1. The molecule has 6 aromatic rings. The Morgan fingerprint density at radius 3 is 2.10 bits per heavy atom. The fraction of sp³-hybridized carbons (Fsp3) is 0.568. The molecule has 7 unspecified atom stereocenters. The number of aliphatic hydroxyl groups is 3. The summed E-state index contributed by atoms with van der Waals surface area (Å²) in [7, 11) is -18.5. The fourth-order valence-electron chi connectivity index (χ4n) is 9.70. The lowest BCUT2D eigenvalue weighted by Gasteiger charge is -2.36. The van der Waals surface area contributed by atoms with Gasteiger partial charge in [0.2, 0.25) is 23.6 Å². The molecule has 4 aliphatic heterocycles. The molecule has 448 valence electrons. The van der Waals surface area contributed by atoms with Gasteiger partial charge in [-0.05, 0) is 0 Å². The second-order valence-electron chi connectivity index (χ2n) is 18.9. The van der Waals surface area contributed by atoms with Crippen molar-refractivity contribution in [1.82, 2.24) is 58.5 Å². The summed E-state index contributed by atoms with van der Waals surface area (Å²) in [5.74, 6) is -1.30. The van der Waals surface area contributed by atoms with Gasteiger partial charge >= 0.3 is 36.9 Å². The van der Waals surface area contributed by atoms with Crippen molar-refractivity contribution in [3.63, 3.8) is 0 Å². The highest BCUT2D eigenvalue weighted by Crippen LogP contribution is 2.68. The standard InChI is InChI=1S/C37H50N16O25P4/c1-49(2)16(54)5-15-37(25(57)24(74-15)34(75-37)53-12-50(3)19-29(53)46-36(40)48-31(19)59)8-71-81(64,65)78-82(66,67)77-80(62,63)70-7-14-22(23(68-4)33(73-14)51-10-43-17-26(38)41-9-42-27(17)51)76-79(60,61)69-6-13-20(55)21(56)32(72-13)52-11-44-18-28(52)45-35(39)47-30(18)58/h9-15,20-25,32-34,55-57H,5-8H2,1-4H3,(H11-,38,39,40,41,42,45,46,47,48,58,59,60,61,62,63,64,65,66,67)/p+1/t13-,14-,15+,20?,21+,22?,23+,24?,25-,32-,33-,34-,37+/m1/s1. The number of H-pyrrole nitrogens is 2. The number of methoxy groups -OCH3 is 1. The van der Waals surface area contributed by atoms with Crippen LogP contribution in [0.15, 0.2) is 34.9 Å². The van der Waals surface area contributed by atoms with Crippen LogP contribution in [-0.4, -0.2) is 201 Å². The molecule has 4 saturated heterocycles. The number of imidazole rings is 3. The molecular weight excluding hydrogens is 1190 g/mol. The van der Waals surface area contributed by atoms with E-state index in [2.05, 4.69) is 48.5 Å². The van der Waals surface area contributed by atoms with Crippen LogP contribution in [-0.2, 0) is 80.5 Å². The molecule has 10 heterocycles. The number of ether oxygens (including phenoxy) is 5. The zero-order valence-electron chi connectivity index (χ0n) is 42.5. The highest BCUT2D eigenvalue weighted by atomic mass is 31.3. The molecule has 15 N–H and O–H groups in total. The molecule has 0 aliphatic carbocycles. The first-order chi connectivity index (χ1) is 38.4. The van der Waals surface area contributed by atoms with Gasteiger partial charge in [-0.15, -0.1) is 0 Å². The van der Waals surface area contributed by atoms with Crippen molar-refractivity contribution in [3.8, 4) is 0 Å². The Balaban J connectivity index is 0.832. The summed E-state index contributed by atoms with van der Waals surface area (Å²) in [4.78, 5) is 111. The van der Waals surface area contributed by atoms with Gasteiger partial charge in [-0.3, -0.25) is 56.1 Å². The van der Waals surface area contributed by atoms with Crippen LogP contribution < -0.4 is 32.9 Å². The lowest BCUT2D eigenvalue weighted by Crippen LogP contribution is -2.55. The van der Waals surface area contributed by atoms with E-state index in [9.17, 15) is 67.5 Å². The number of aromatic amines is 2. The molecule has 2 bridgehead atoms. The Hall–Kier alpha value is -5.68. The minimum absolute atomic E-state index is 0.00203. The maximum atomic E-state index is 13.8. The molecule has 10 rings (SSSR count). The van der Waals surface area contributed by atoms with Crippen molar-refractivity contribution in [2.45, 2.75) is 85.6 Å². The van der Waals surface area contributed by atoms with Gasteiger partial charge in [-0.25, -0.2) is 42.8 Å². The predicted octanol–water partition coefficient (Wildman–Crippen LogP) is -4.46. The average Bonchev–Trinajstić information content (AvgIpc) is 2.25. The van der Waals surface area contributed by atoms with E-state index in [1.165, 1.54) is 41.2 Å². The van der Waals surface area contributed by atoms with Gasteiger partial charge in [0.1, 0.15) is 66.8 Å². The van der Waals surface area contributed by atoms with Crippen LogP contribution in [0.3, 0.4) is 0 Å². The van der Waals surface area contributed by atoms with Crippen molar-refractivity contribution in [1.29, 1.82) is 0 Å². The fourth-order valence-corrected chi connectivity index (χ4v) is 14.2. The highest BCUT2D eigenvalue weighted by molar-refractivity contribution is 7.66. The van der Waals surface area contributed by atoms with Gasteiger partial charge in [0.05, 0.1) is 45.9 Å². The number of nitrogens with one attached hydrogen (secondary N) is 2. The van der Waals surface area contributed by atoms with Gasteiger partial charge in [0, 0.05) is 21.2 Å². The molecule has 6 aromatic heterocycles. The van der Waals surface area contributed by atoms with Crippen LogP contribution in [0, 0.1) is 0 Å². The Morgan fingerprint density at radius 2 is 1.40 bits per heavy atom. The highest BCUT2D eigenvalue weighted by Gasteiger charge is 2.69. The van der Waals surface area contributed by atoms with Crippen LogP contribution in [0.2, 0.25) is 0 Å². The van der Waals surface area contributed by atoms with Crippen molar-refractivity contribution < 1.29 is 113 Å². The maximum Gasteiger partial charge on any atom is 0.490 e. The lowest BCUT2D eigenvalue weighted by molar-refractivity contribution is -0.753. The third-order valence-corrected chi connectivity index (χ3v) is 18.6. The average molecular weight is 1240 g/mol. The van der Waals surface area contributed by atoms with Gasteiger partial charge in [0.15, 0.2) is 47.0 Å². The third kappa shape index (κ3) is 11.1. The zero-order chi connectivity index (χ0) is 59.3. The van der Waals surface area contributed by atoms with Crippen LogP contribution in [0.1, 0.15) is 25.1 Å². The van der Waals surface area contributed by atoms with E-state index >= 15 is 0 Å². The molecule has 0 saturated carbocycles. The number of fused-ring (bicyclic) bond motifs is 5. The largest absolute Gasteiger partial charge is 0.490 e. The molecule has 82 heavy (non-hydrogen) atoms. The summed E-state index contributed by atoms with van der Waals surface area (Å²) in [6.07, 6.45) is -15.6. The van der Waals surface area contributed by atoms with Crippen LogP contribution in [0.5, 0.6) is 0 Å². The SMILES string of the molecule is CO[C@H]1C(OP(=O)(O)OC[C@H]2O[C@@H](n3cnc4c(=O)[nH]c(N)nc43)[C@@H](O)C2O)[C@@H](COP(=O)(O)OP(=O)(O)OP(=O)(O)OC[C@]23O[C@@H]([n+]4cn(C)c5c(=O)[nH]c(N)nc54)C(O[C@H]2CC(=O)N(C)C)[C@H]3O)O[C@H]1n1cnc2c(N)ncnc21. The molecule has 41 nitrogen and oxygen atoms in total. The maximum absolute atomic E-state index is 13.8. The summed E-state index contributed by atoms with van der Waals surface area (Å²) in [5, 5.41) is 33.4. The van der Waals surface area contributed by atoms with E-state index in [1.54, 1.807) is 0 Å². The first-order valence-electron chi connectivity index (χ1n) is 23.6. The molecule has 45 heteroatoms. The molecule has 0 spiro atoms. The summed E-state index contributed by atoms with van der Waals surface area (Å²) in [6, 6.07) is 0. The second-order valence-corrected chi connectivity index (χ2v) is 24.9. The van der Waals surface area contributed by atoms with Gasteiger partial charge in [-0.1, -0.05) is 4.98 Å². The monoisotopic (exact) mass is 1240 g/mol. The number of aliphatic hydroxyl groups excluding tert-OH is 3. The van der Waals surface area contributed by atoms with Crippen LogP contribution in [0.4, 0.5) is 17.7 Å². The Bertz CT molecular complexity index is 3790. The molecule has 4 aliphatic rings. The number of amides is 1. The van der Waals surface area contributed by atoms with Gasteiger partial charge in [0.25, 0.3) is 17.1 Å². The third-order valence-electron chi connectivity index (χ3n) is 13.4. The quantitative estimate of drug-likeness (QED) is 0.0239. The Labute approximate surface area is 455 Å². The number of hydrogen-bond donors (Lipinski definition) is 12. The molecule has 4 fully saturated rings. The van der Waals surface area contributed by atoms with Gasteiger partial charge in [-0.2, -0.15) is 13.6 Å². The first-order valence-corrected chi connectivity index (χ1v) is 29.6. The number of carbonyl (C=O) groups is 1. The number of phosphoric ester groups is 3. The van der Waals surface area contributed by atoms with Crippen LogP contribution >= 0.6 is 31.3 Å². The van der Waals surface area contributed by atoms with Crippen LogP contribution in [0.25, 0.3) is 33.5 Å². The molecule has 0 aromatic carbocycles. The van der Waals surface area contributed by atoms with Crippen molar-refractivity contribution in [2.75, 3.05) is 58.2 Å². The smallest absolute Gasteiger partial charge is 0.387 e.